The van der Waals surface area contributed by atoms with Crippen molar-refractivity contribution in [1.82, 2.24) is 24.1 Å². The van der Waals surface area contributed by atoms with Gasteiger partial charge in [-0.25, -0.2) is 9.78 Å². The maximum atomic E-state index is 13.2. The topological polar surface area (TPSA) is 85.6 Å². The molecule has 7 nitrogen and oxygen atoms in total. The van der Waals surface area contributed by atoms with E-state index >= 15 is 0 Å². The predicted octanol–water partition coefficient (Wildman–Crippen LogP) is 5.05. The van der Waals surface area contributed by atoms with Crippen molar-refractivity contribution < 1.29 is 0 Å². The van der Waals surface area contributed by atoms with Crippen molar-refractivity contribution in [2.24, 2.45) is 0 Å². The molecule has 0 amide bonds. The molecule has 0 aliphatic rings. The molecule has 0 aliphatic heterocycles. The van der Waals surface area contributed by atoms with E-state index in [2.05, 4.69) is 34.0 Å². The van der Waals surface area contributed by atoms with E-state index in [1.165, 1.54) is 0 Å². The van der Waals surface area contributed by atoms with E-state index in [9.17, 15) is 9.59 Å². The van der Waals surface area contributed by atoms with E-state index in [0.29, 0.717) is 12.2 Å². The molecule has 0 aliphatic carbocycles. The molecule has 7 heteroatoms. The summed E-state index contributed by atoms with van der Waals surface area (Å²) in [6, 6.07) is 16.0. The summed E-state index contributed by atoms with van der Waals surface area (Å²) in [5.74, 6) is 0.0268. The first-order valence-corrected chi connectivity index (χ1v) is 12.1. The summed E-state index contributed by atoms with van der Waals surface area (Å²) in [6.07, 6.45) is 4.30. The third-order valence-electron chi connectivity index (χ3n) is 6.61. The zero-order valence-electron chi connectivity index (χ0n) is 20.4. The van der Waals surface area contributed by atoms with Gasteiger partial charge in [-0.15, -0.1) is 0 Å². The molecule has 1 atom stereocenters. The summed E-state index contributed by atoms with van der Waals surface area (Å²) in [5, 5.41) is 0. The van der Waals surface area contributed by atoms with Gasteiger partial charge >= 0.3 is 5.69 Å². The fourth-order valence-electron chi connectivity index (χ4n) is 4.88. The number of nitrogens with zero attached hydrogens (tertiary/aromatic N) is 4. The predicted molar refractivity (Wildman–Crippen MR) is 140 cm³/mol. The third-order valence-corrected chi connectivity index (χ3v) is 6.61. The second-order valence-electron chi connectivity index (χ2n) is 9.35. The van der Waals surface area contributed by atoms with Crippen LogP contribution >= 0.6 is 0 Å². The second-order valence-corrected chi connectivity index (χ2v) is 9.35. The maximum absolute atomic E-state index is 13.2. The van der Waals surface area contributed by atoms with Gasteiger partial charge in [0.15, 0.2) is 5.65 Å². The molecule has 0 saturated carbocycles. The van der Waals surface area contributed by atoms with Crippen LogP contribution in [0, 0.1) is 0 Å². The van der Waals surface area contributed by atoms with Crippen molar-refractivity contribution in [3.63, 3.8) is 0 Å². The molecular formula is C28H29N5O2. The van der Waals surface area contributed by atoms with Crippen LogP contribution in [-0.2, 0) is 13.0 Å². The summed E-state index contributed by atoms with van der Waals surface area (Å²) in [5.41, 5.74) is 6.86. The molecule has 0 bridgehead atoms. The van der Waals surface area contributed by atoms with Gasteiger partial charge in [-0.1, -0.05) is 31.2 Å². The number of nitrogens with one attached hydrogen (secondary N) is 1. The van der Waals surface area contributed by atoms with Gasteiger partial charge in [0, 0.05) is 36.1 Å². The SMILES string of the molecule is CCn1c(=O)c(C(C)Cc2cccc(-c3cnc4c(c3)[nH]c(=O)n4C(C)C)c2)cc2ncccc21. The Kier molecular flexibility index (Phi) is 5.84. The van der Waals surface area contributed by atoms with Crippen LogP contribution in [0.3, 0.4) is 0 Å². The van der Waals surface area contributed by atoms with Crippen LogP contribution in [0.15, 0.2) is 70.5 Å². The van der Waals surface area contributed by atoms with Crippen molar-refractivity contribution in [2.75, 3.05) is 0 Å². The minimum atomic E-state index is -0.148. The number of hydrogen-bond donors (Lipinski definition) is 1. The number of fused-ring (bicyclic) bond motifs is 2. The van der Waals surface area contributed by atoms with E-state index in [0.717, 1.165) is 45.2 Å². The van der Waals surface area contributed by atoms with E-state index in [1.54, 1.807) is 15.3 Å². The number of imidazole rings is 1. The Hall–Kier alpha value is -4.00. The van der Waals surface area contributed by atoms with Gasteiger partial charge in [0.25, 0.3) is 5.56 Å². The quantitative estimate of drug-likeness (QED) is 0.379. The molecule has 1 unspecified atom stereocenters. The highest BCUT2D eigenvalue weighted by Gasteiger charge is 2.16. The summed E-state index contributed by atoms with van der Waals surface area (Å²) in [6.45, 7) is 8.61. The lowest BCUT2D eigenvalue weighted by atomic mass is 9.92. The first-order chi connectivity index (χ1) is 16.9. The van der Waals surface area contributed by atoms with Gasteiger partial charge in [-0.3, -0.25) is 14.3 Å². The second kappa shape index (κ2) is 8.98. The normalized spacial score (nSPS) is 12.6. The summed E-state index contributed by atoms with van der Waals surface area (Å²) in [4.78, 5) is 37.5. The highest BCUT2D eigenvalue weighted by Crippen LogP contribution is 2.26. The van der Waals surface area contributed by atoms with E-state index in [-0.39, 0.29) is 23.2 Å². The number of H-pyrrole nitrogens is 1. The summed E-state index contributed by atoms with van der Waals surface area (Å²) in [7, 11) is 0. The van der Waals surface area contributed by atoms with Crippen LogP contribution in [0.1, 0.15) is 50.8 Å². The average Bonchev–Trinajstić information content (AvgIpc) is 3.19. The van der Waals surface area contributed by atoms with Crippen LogP contribution in [-0.4, -0.2) is 24.1 Å². The Morgan fingerprint density at radius 1 is 0.971 bits per heavy atom. The van der Waals surface area contributed by atoms with Crippen LogP contribution in [0.2, 0.25) is 0 Å². The van der Waals surface area contributed by atoms with Crippen LogP contribution in [0.25, 0.3) is 33.3 Å². The zero-order valence-corrected chi connectivity index (χ0v) is 20.4. The molecule has 1 N–H and O–H groups in total. The molecular weight excluding hydrogens is 438 g/mol. The van der Waals surface area contributed by atoms with Gasteiger partial charge in [0.1, 0.15) is 0 Å². The van der Waals surface area contributed by atoms with E-state index in [4.69, 9.17) is 0 Å². The van der Waals surface area contributed by atoms with Gasteiger partial charge in [0.05, 0.1) is 16.6 Å². The van der Waals surface area contributed by atoms with Crippen LogP contribution in [0.4, 0.5) is 0 Å². The van der Waals surface area contributed by atoms with Crippen molar-refractivity contribution >= 4 is 22.2 Å². The molecule has 178 valence electrons. The zero-order chi connectivity index (χ0) is 24.7. The van der Waals surface area contributed by atoms with Crippen molar-refractivity contribution in [1.29, 1.82) is 0 Å². The number of aromatic amines is 1. The molecule has 5 rings (SSSR count). The standard InChI is InChI=1S/C28H29N5O2/c1-5-32-25-10-7-11-29-23(25)15-22(27(32)34)18(4)12-19-8-6-9-20(13-19)21-14-24-26(30-16-21)33(17(2)3)28(35)31-24/h6-11,13-18H,5,12H2,1-4H3,(H,31,35). The smallest absolute Gasteiger partial charge is 0.307 e. The number of aryl methyl sites for hydroxylation is 1. The fraction of sp³-hybridized carbons (Fsp3) is 0.286. The first kappa shape index (κ1) is 22.8. The van der Waals surface area contributed by atoms with Gasteiger partial charge in [-0.2, -0.15) is 0 Å². The Labute approximate surface area is 203 Å². The number of rotatable bonds is 6. The first-order valence-electron chi connectivity index (χ1n) is 12.1. The molecule has 0 fully saturated rings. The molecule has 0 saturated heterocycles. The molecule has 0 radical (unpaired) electrons. The number of pyridine rings is 3. The van der Waals surface area contributed by atoms with Crippen molar-refractivity contribution in [3.8, 4) is 11.1 Å². The molecule has 5 aromatic rings. The van der Waals surface area contributed by atoms with E-state index in [1.807, 2.05) is 63.4 Å². The number of hydrogen-bond acceptors (Lipinski definition) is 4. The highest BCUT2D eigenvalue weighted by atomic mass is 16.1. The minimum absolute atomic E-state index is 0.0268. The monoisotopic (exact) mass is 467 g/mol. The minimum Gasteiger partial charge on any atom is -0.307 e. The Bertz CT molecular complexity index is 1660. The lowest BCUT2D eigenvalue weighted by Gasteiger charge is -2.16. The van der Waals surface area contributed by atoms with Crippen molar-refractivity contribution in [3.05, 3.63) is 92.9 Å². The fourth-order valence-corrected chi connectivity index (χ4v) is 4.88. The Balaban J connectivity index is 1.48. The molecule has 35 heavy (non-hydrogen) atoms. The Morgan fingerprint density at radius 3 is 2.57 bits per heavy atom. The molecule has 4 heterocycles. The molecule has 0 spiro atoms. The van der Waals surface area contributed by atoms with Gasteiger partial charge in [0.2, 0.25) is 0 Å². The number of benzene rings is 1. The van der Waals surface area contributed by atoms with Crippen LogP contribution < -0.4 is 11.2 Å². The largest absolute Gasteiger partial charge is 0.327 e. The third kappa shape index (κ3) is 4.07. The molecule has 1 aromatic carbocycles. The average molecular weight is 468 g/mol. The van der Waals surface area contributed by atoms with Crippen LogP contribution in [0.5, 0.6) is 0 Å². The highest BCUT2D eigenvalue weighted by molar-refractivity contribution is 5.78. The van der Waals surface area contributed by atoms with Gasteiger partial charge < -0.3 is 9.55 Å². The lowest BCUT2D eigenvalue weighted by molar-refractivity contribution is 0.593. The lowest BCUT2D eigenvalue weighted by Crippen LogP contribution is -2.25. The van der Waals surface area contributed by atoms with E-state index < -0.39 is 0 Å². The maximum Gasteiger partial charge on any atom is 0.327 e. The van der Waals surface area contributed by atoms with Gasteiger partial charge in [-0.05, 0) is 68.5 Å². The van der Waals surface area contributed by atoms with Crippen molar-refractivity contribution in [2.45, 2.75) is 52.6 Å². The Morgan fingerprint density at radius 2 is 1.80 bits per heavy atom. The summed E-state index contributed by atoms with van der Waals surface area (Å²) >= 11 is 0. The number of aromatic nitrogens is 5. The summed E-state index contributed by atoms with van der Waals surface area (Å²) < 4.78 is 3.47. The molecule has 4 aromatic heterocycles.